The Morgan fingerprint density at radius 1 is 1.10 bits per heavy atom. The maximum absolute atomic E-state index is 13.2. The lowest BCUT2D eigenvalue weighted by Gasteiger charge is -2.31. The van der Waals surface area contributed by atoms with Gasteiger partial charge >= 0.3 is 0 Å². The highest BCUT2D eigenvalue weighted by Gasteiger charge is 2.30. The van der Waals surface area contributed by atoms with Gasteiger partial charge in [-0.15, -0.1) is 0 Å². The molecule has 1 atom stereocenters. The van der Waals surface area contributed by atoms with Gasteiger partial charge in [0.2, 0.25) is 5.91 Å². The molecule has 8 heteroatoms. The van der Waals surface area contributed by atoms with Gasteiger partial charge in [0, 0.05) is 22.6 Å². The van der Waals surface area contributed by atoms with Crippen molar-refractivity contribution in [3.8, 4) is 11.5 Å². The van der Waals surface area contributed by atoms with Crippen LogP contribution in [0.15, 0.2) is 42.5 Å². The second-order valence-electron chi connectivity index (χ2n) is 7.28. The maximum Gasteiger partial charge on any atom is 0.261 e. The van der Waals surface area contributed by atoms with E-state index in [-0.39, 0.29) is 31.0 Å². The number of nitrogens with one attached hydrogen (secondary N) is 1. The molecule has 0 heterocycles. The summed E-state index contributed by atoms with van der Waals surface area (Å²) in [6.45, 7) is 5.50. The number of hydrogen-bond donors (Lipinski definition) is 1. The minimum atomic E-state index is -0.678. The number of halogens is 2. The Bertz CT molecular complexity index is 905. The van der Waals surface area contributed by atoms with E-state index >= 15 is 0 Å². The van der Waals surface area contributed by atoms with Gasteiger partial charge in [-0.1, -0.05) is 48.3 Å². The fraction of sp³-hybridized carbons (Fsp3) is 0.391. The molecule has 2 aromatic carbocycles. The van der Waals surface area contributed by atoms with E-state index < -0.39 is 6.04 Å². The largest absolute Gasteiger partial charge is 0.493 e. The lowest BCUT2D eigenvalue weighted by atomic mass is 10.1. The van der Waals surface area contributed by atoms with E-state index in [0.29, 0.717) is 33.5 Å². The van der Waals surface area contributed by atoms with Gasteiger partial charge in [-0.3, -0.25) is 9.59 Å². The number of ether oxygens (including phenoxy) is 2. The van der Waals surface area contributed by atoms with E-state index in [2.05, 4.69) is 5.32 Å². The molecule has 168 valence electrons. The van der Waals surface area contributed by atoms with Gasteiger partial charge in [0.05, 0.1) is 7.11 Å². The number of methoxy groups -OCH3 is 1. The molecule has 0 bridgehead atoms. The van der Waals surface area contributed by atoms with E-state index in [1.807, 2.05) is 26.8 Å². The smallest absolute Gasteiger partial charge is 0.261 e. The summed E-state index contributed by atoms with van der Waals surface area (Å²) in [6, 6.07) is 11.4. The monoisotopic (exact) mass is 466 g/mol. The predicted molar refractivity (Wildman–Crippen MR) is 123 cm³/mol. The average Bonchev–Trinajstić information content (AvgIpc) is 2.73. The predicted octanol–water partition coefficient (Wildman–Crippen LogP) is 4.71. The van der Waals surface area contributed by atoms with Crippen molar-refractivity contribution in [2.75, 3.05) is 13.7 Å². The number of nitrogens with zero attached hydrogens (tertiary/aromatic N) is 1. The number of benzene rings is 2. The van der Waals surface area contributed by atoms with Crippen molar-refractivity contribution in [1.82, 2.24) is 10.2 Å². The van der Waals surface area contributed by atoms with E-state index in [1.54, 1.807) is 36.4 Å². The van der Waals surface area contributed by atoms with Gasteiger partial charge < -0.3 is 19.7 Å². The van der Waals surface area contributed by atoms with Crippen LogP contribution in [0.25, 0.3) is 0 Å². The molecule has 0 radical (unpaired) electrons. The summed E-state index contributed by atoms with van der Waals surface area (Å²) in [4.78, 5) is 27.5. The highest BCUT2D eigenvalue weighted by Crippen LogP contribution is 2.27. The quantitative estimate of drug-likeness (QED) is 0.550. The molecule has 0 aliphatic heterocycles. The third-order valence-electron chi connectivity index (χ3n) is 4.59. The summed E-state index contributed by atoms with van der Waals surface area (Å²) in [7, 11) is 1.53. The van der Waals surface area contributed by atoms with Crippen LogP contribution in [0.1, 0.15) is 32.8 Å². The third kappa shape index (κ3) is 7.04. The van der Waals surface area contributed by atoms with E-state index in [1.165, 1.54) is 12.0 Å². The van der Waals surface area contributed by atoms with Crippen molar-refractivity contribution in [3.05, 3.63) is 58.1 Å². The van der Waals surface area contributed by atoms with Gasteiger partial charge in [-0.05, 0) is 50.1 Å². The molecule has 2 aromatic rings. The Morgan fingerprint density at radius 2 is 1.77 bits per heavy atom. The SMILES string of the molecule is CC[C@@H](C(=O)NC(C)C)N(Cc1ccc(Cl)cc1Cl)C(=O)COc1ccccc1OC. The summed E-state index contributed by atoms with van der Waals surface area (Å²) < 4.78 is 11.0. The molecule has 0 saturated carbocycles. The molecule has 2 rings (SSSR count). The fourth-order valence-corrected chi connectivity index (χ4v) is 3.56. The minimum absolute atomic E-state index is 0.0533. The molecule has 0 spiro atoms. The first-order chi connectivity index (χ1) is 14.8. The molecule has 6 nitrogen and oxygen atoms in total. The Hall–Kier alpha value is -2.44. The summed E-state index contributed by atoms with van der Waals surface area (Å²) in [5.74, 6) is 0.394. The van der Waals surface area contributed by atoms with Gasteiger partial charge in [0.1, 0.15) is 6.04 Å². The van der Waals surface area contributed by atoms with Crippen molar-refractivity contribution >= 4 is 35.0 Å². The van der Waals surface area contributed by atoms with Crippen LogP contribution in [0.3, 0.4) is 0 Å². The van der Waals surface area contributed by atoms with Crippen molar-refractivity contribution < 1.29 is 19.1 Å². The van der Waals surface area contributed by atoms with Crippen LogP contribution in [0.2, 0.25) is 10.0 Å². The minimum Gasteiger partial charge on any atom is -0.493 e. The van der Waals surface area contributed by atoms with Gasteiger partial charge in [-0.25, -0.2) is 0 Å². The summed E-state index contributed by atoms with van der Waals surface area (Å²) in [6.07, 6.45) is 0.435. The molecule has 0 aromatic heterocycles. The average molecular weight is 467 g/mol. The second-order valence-corrected chi connectivity index (χ2v) is 8.13. The second kappa shape index (κ2) is 11.8. The molecule has 31 heavy (non-hydrogen) atoms. The molecule has 2 amide bonds. The number of hydrogen-bond acceptors (Lipinski definition) is 4. The zero-order chi connectivity index (χ0) is 23.0. The van der Waals surface area contributed by atoms with Crippen molar-refractivity contribution in [3.63, 3.8) is 0 Å². The maximum atomic E-state index is 13.2. The molecule has 1 N–H and O–H groups in total. The number of rotatable bonds is 10. The Balaban J connectivity index is 2.28. The third-order valence-corrected chi connectivity index (χ3v) is 5.18. The molecular weight excluding hydrogens is 439 g/mol. The van der Waals surface area contributed by atoms with Crippen LogP contribution in [0, 0.1) is 0 Å². The van der Waals surface area contributed by atoms with E-state index in [9.17, 15) is 9.59 Å². The van der Waals surface area contributed by atoms with Crippen LogP contribution in [0.5, 0.6) is 11.5 Å². The zero-order valence-electron chi connectivity index (χ0n) is 18.2. The highest BCUT2D eigenvalue weighted by molar-refractivity contribution is 6.35. The van der Waals surface area contributed by atoms with Crippen LogP contribution < -0.4 is 14.8 Å². The Morgan fingerprint density at radius 3 is 2.35 bits per heavy atom. The molecule has 0 aliphatic carbocycles. The number of carbonyl (C=O) groups is 2. The van der Waals surface area contributed by atoms with Crippen LogP contribution >= 0.6 is 23.2 Å². The number of para-hydroxylation sites is 2. The van der Waals surface area contributed by atoms with E-state index in [4.69, 9.17) is 32.7 Å². The standard InChI is InChI=1S/C23H28Cl2N2O4/c1-5-19(23(29)26-15(2)3)27(13-16-10-11-17(24)12-18(16)25)22(28)14-31-21-9-7-6-8-20(21)30-4/h6-12,15,19H,5,13-14H2,1-4H3,(H,26,29)/t19-/m0/s1. The normalized spacial score (nSPS) is 11.7. The lowest BCUT2D eigenvalue weighted by molar-refractivity contribution is -0.143. The highest BCUT2D eigenvalue weighted by atomic mass is 35.5. The topological polar surface area (TPSA) is 67.9 Å². The van der Waals surface area contributed by atoms with Crippen LogP contribution in [-0.4, -0.2) is 42.5 Å². The summed E-state index contributed by atoms with van der Waals surface area (Å²) in [5.41, 5.74) is 0.688. The number of amides is 2. The molecular formula is C23H28Cl2N2O4. The van der Waals surface area contributed by atoms with E-state index in [0.717, 1.165) is 0 Å². The summed E-state index contributed by atoms with van der Waals surface area (Å²) in [5, 5.41) is 3.80. The van der Waals surface area contributed by atoms with Gasteiger partial charge in [0.25, 0.3) is 5.91 Å². The Labute approximate surface area is 193 Å². The molecule has 0 saturated heterocycles. The molecule has 0 aliphatic rings. The molecule has 0 fully saturated rings. The number of carbonyl (C=O) groups excluding carboxylic acids is 2. The Kier molecular flexibility index (Phi) is 9.46. The molecule has 0 unspecified atom stereocenters. The zero-order valence-corrected chi connectivity index (χ0v) is 19.7. The van der Waals surface area contributed by atoms with Crippen molar-refractivity contribution in [1.29, 1.82) is 0 Å². The first-order valence-corrected chi connectivity index (χ1v) is 10.8. The summed E-state index contributed by atoms with van der Waals surface area (Å²) >= 11 is 12.3. The van der Waals surface area contributed by atoms with Crippen molar-refractivity contribution in [2.24, 2.45) is 0 Å². The van der Waals surface area contributed by atoms with Gasteiger partial charge in [0.15, 0.2) is 18.1 Å². The first kappa shape index (κ1) is 24.8. The first-order valence-electron chi connectivity index (χ1n) is 10.1. The van der Waals surface area contributed by atoms with Gasteiger partial charge in [-0.2, -0.15) is 0 Å². The fourth-order valence-electron chi connectivity index (χ4n) is 3.09. The van der Waals surface area contributed by atoms with Crippen molar-refractivity contribution in [2.45, 2.75) is 45.8 Å². The van der Waals surface area contributed by atoms with Crippen LogP contribution in [0.4, 0.5) is 0 Å². The lowest BCUT2D eigenvalue weighted by Crippen LogP contribution is -2.51. The van der Waals surface area contributed by atoms with Crippen LogP contribution in [-0.2, 0) is 16.1 Å².